The standard InChI is InChI=1S/C23H38F2O3/c1-4-7-8-9-10-11-14-20(23(26,27-5-2)28-6-3)15-12-13-19-16-17-21(24)22(25)18-19/h16-18,20,26H,4-15H2,1-3H3. The molecule has 0 saturated carbocycles. The summed E-state index contributed by atoms with van der Waals surface area (Å²) in [4.78, 5) is 0. The first-order chi connectivity index (χ1) is 13.5. The fourth-order valence-corrected chi connectivity index (χ4v) is 3.62. The zero-order chi connectivity index (χ0) is 20.8. The Hall–Kier alpha value is -1.04. The molecule has 1 aromatic rings. The van der Waals surface area contributed by atoms with Crippen molar-refractivity contribution in [3.8, 4) is 0 Å². The van der Waals surface area contributed by atoms with Crippen LogP contribution in [0.15, 0.2) is 18.2 Å². The molecule has 0 spiro atoms. The Morgan fingerprint density at radius 1 is 0.857 bits per heavy atom. The molecule has 5 heteroatoms. The van der Waals surface area contributed by atoms with Gasteiger partial charge in [-0.15, -0.1) is 0 Å². The quantitative estimate of drug-likeness (QED) is 0.259. The Kier molecular flexibility index (Phi) is 12.5. The van der Waals surface area contributed by atoms with Crippen LogP contribution in [-0.4, -0.2) is 24.3 Å². The van der Waals surface area contributed by atoms with E-state index >= 15 is 0 Å². The van der Waals surface area contributed by atoms with Crippen molar-refractivity contribution in [2.75, 3.05) is 13.2 Å². The predicted octanol–water partition coefficient (Wildman–Crippen LogP) is 6.37. The van der Waals surface area contributed by atoms with Crippen LogP contribution in [0.5, 0.6) is 0 Å². The second-order valence-corrected chi connectivity index (χ2v) is 7.39. The van der Waals surface area contributed by atoms with E-state index in [0.29, 0.717) is 26.1 Å². The second kappa shape index (κ2) is 14.0. The molecule has 3 nitrogen and oxygen atoms in total. The van der Waals surface area contributed by atoms with Gasteiger partial charge in [-0.25, -0.2) is 8.78 Å². The number of benzene rings is 1. The van der Waals surface area contributed by atoms with Gasteiger partial charge < -0.3 is 14.6 Å². The van der Waals surface area contributed by atoms with Crippen LogP contribution in [0.1, 0.15) is 84.1 Å². The summed E-state index contributed by atoms with van der Waals surface area (Å²) in [6, 6.07) is 4.02. The molecular formula is C23H38F2O3. The van der Waals surface area contributed by atoms with Crippen molar-refractivity contribution in [2.45, 2.75) is 91.0 Å². The van der Waals surface area contributed by atoms with Crippen molar-refractivity contribution in [3.05, 3.63) is 35.4 Å². The molecule has 0 aliphatic heterocycles. The van der Waals surface area contributed by atoms with Crippen molar-refractivity contribution < 1.29 is 23.4 Å². The number of ether oxygens (including phenoxy) is 2. The van der Waals surface area contributed by atoms with Crippen LogP contribution < -0.4 is 0 Å². The van der Waals surface area contributed by atoms with Gasteiger partial charge in [0, 0.05) is 19.1 Å². The van der Waals surface area contributed by atoms with Crippen molar-refractivity contribution >= 4 is 0 Å². The van der Waals surface area contributed by atoms with E-state index in [1.54, 1.807) is 6.07 Å². The normalized spacial score (nSPS) is 13.1. The van der Waals surface area contributed by atoms with Gasteiger partial charge in [-0.2, -0.15) is 0 Å². The molecule has 1 atom stereocenters. The number of hydrogen-bond acceptors (Lipinski definition) is 3. The summed E-state index contributed by atoms with van der Waals surface area (Å²) in [6.07, 6.45) is 9.98. The van der Waals surface area contributed by atoms with Gasteiger partial charge in [-0.3, -0.25) is 0 Å². The molecule has 162 valence electrons. The largest absolute Gasteiger partial charge is 0.343 e. The van der Waals surface area contributed by atoms with Crippen LogP contribution in [0, 0.1) is 17.6 Å². The molecule has 0 radical (unpaired) electrons. The van der Waals surface area contributed by atoms with E-state index in [9.17, 15) is 13.9 Å². The van der Waals surface area contributed by atoms with Crippen molar-refractivity contribution in [1.29, 1.82) is 0 Å². The highest BCUT2D eigenvalue weighted by Gasteiger charge is 2.38. The van der Waals surface area contributed by atoms with Gasteiger partial charge in [-0.05, 0) is 57.2 Å². The summed E-state index contributed by atoms with van der Waals surface area (Å²) < 4.78 is 37.7. The van der Waals surface area contributed by atoms with Gasteiger partial charge >= 0.3 is 0 Å². The zero-order valence-corrected chi connectivity index (χ0v) is 17.8. The van der Waals surface area contributed by atoms with E-state index in [-0.39, 0.29) is 5.92 Å². The van der Waals surface area contributed by atoms with E-state index in [4.69, 9.17) is 9.47 Å². The van der Waals surface area contributed by atoms with Crippen LogP contribution >= 0.6 is 0 Å². The topological polar surface area (TPSA) is 38.7 Å². The van der Waals surface area contributed by atoms with Crippen LogP contribution in [0.3, 0.4) is 0 Å². The molecule has 1 N–H and O–H groups in total. The lowest BCUT2D eigenvalue weighted by atomic mass is 9.91. The molecule has 0 saturated heterocycles. The summed E-state index contributed by atoms with van der Waals surface area (Å²) in [7, 11) is 0. The maximum Gasteiger partial charge on any atom is 0.283 e. The minimum atomic E-state index is -1.58. The first-order valence-electron chi connectivity index (χ1n) is 10.9. The highest BCUT2D eigenvalue weighted by atomic mass is 19.2. The highest BCUT2D eigenvalue weighted by Crippen LogP contribution is 2.31. The first-order valence-corrected chi connectivity index (χ1v) is 10.9. The maximum absolute atomic E-state index is 13.4. The van der Waals surface area contributed by atoms with Crippen LogP contribution in [0.2, 0.25) is 0 Å². The third-order valence-electron chi connectivity index (χ3n) is 5.13. The van der Waals surface area contributed by atoms with Gasteiger partial charge in [0.05, 0.1) is 0 Å². The fraction of sp³-hybridized carbons (Fsp3) is 0.739. The molecule has 0 bridgehead atoms. The van der Waals surface area contributed by atoms with E-state index < -0.39 is 17.6 Å². The van der Waals surface area contributed by atoms with Gasteiger partial charge in [0.15, 0.2) is 11.6 Å². The van der Waals surface area contributed by atoms with E-state index in [1.165, 1.54) is 31.7 Å². The molecule has 28 heavy (non-hydrogen) atoms. The lowest BCUT2D eigenvalue weighted by Crippen LogP contribution is -2.44. The molecule has 1 rings (SSSR count). The highest BCUT2D eigenvalue weighted by molar-refractivity contribution is 5.17. The van der Waals surface area contributed by atoms with Crippen LogP contribution in [0.25, 0.3) is 0 Å². The summed E-state index contributed by atoms with van der Waals surface area (Å²) in [5, 5.41) is 10.9. The van der Waals surface area contributed by atoms with Crippen molar-refractivity contribution in [2.24, 2.45) is 5.92 Å². The Morgan fingerprint density at radius 2 is 1.46 bits per heavy atom. The minimum Gasteiger partial charge on any atom is -0.343 e. The van der Waals surface area contributed by atoms with E-state index in [0.717, 1.165) is 37.3 Å². The number of aryl methyl sites for hydroxylation is 1. The third-order valence-corrected chi connectivity index (χ3v) is 5.13. The maximum atomic E-state index is 13.4. The molecule has 0 fully saturated rings. The summed E-state index contributed by atoms with van der Waals surface area (Å²) >= 11 is 0. The lowest BCUT2D eigenvalue weighted by Gasteiger charge is -2.35. The fourth-order valence-electron chi connectivity index (χ4n) is 3.62. The zero-order valence-electron chi connectivity index (χ0n) is 17.8. The molecule has 0 amide bonds. The second-order valence-electron chi connectivity index (χ2n) is 7.39. The molecular weight excluding hydrogens is 362 g/mol. The summed E-state index contributed by atoms with van der Waals surface area (Å²) in [6.45, 7) is 6.62. The Bertz CT molecular complexity index is 531. The van der Waals surface area contributed by atoms with E-state index in [2.05, 4.69) is 6.92 Å². The first kappa shape index (κ1) is 25.0. The number of halogens is 2. The summed E-state index contributed by atoms with van der Waals surface area (Å²) in [5.74, 6) is -3.38. The molecule has 0 heterocycles. The molecule has 0 aliphatic rings. The summed E-state index contributed by atoms with van der Waals surface area (Å²) in [5.41, 5.74) is 0.758. The monoisotopic (exact) mass is 400 g/mol. The van der Waals surface area contributed by atoms with Crippen LogP contribution in [0.4, 0.5) is 8.78 Å². The molecule has 1 unspecified atom stereocenters. The average molecular weight is 401 g/mol. The number of hydrogen-bond donors (Lipinski definition) is 1. The van der Waals surface area contributed by atoms with Crippen LogP contribution in [-0.2, 0) is 15.9 Å². The Labute approximate surface area is 169 Å². The van der Waals surface area contributed by atoms with Gasteiger partial charge in [-0.1, -0.05) is 51.5 Å². The Morgan fingerprint density at radius 3 is 2.07 bits per heavy atom. The number of rotatable bonds is 16. The predicted molar refractivity (Wildman–Crippen MR) is 109 cm³/mol. The van der Waals surface area contributed by atoms with Crippen molar-refractivity contribution in [1.82, 2.24) is 0 Å². The Balaban J connectivity index is 2.63. The third kappa shape index (κ3) is 8.97. The number of unbranched alkanes of at least 4 members (excludes halogenated alkanes) is 5. The SMILES string of the molecule is CCCCCCCCC(CCCc1ccc(F)c(F)c1)C(O)(OCC)OCC. The molecule has 0 aliphatic carbocycles. The lowest BCUT2D eigenvalue weighted by molar-refractivity contribution is -0.385. The molecule has 0 aromatic heterocycles. The minimum absolute atomic E-state index is 0.149. The van der Waals surface area contributed by atoms with E-state index in [1.807, 2.05) is 13.8 Å². The van der Waals surface area contributed by atoms with Gasteiger partial charge in [0.2, 0.25) is 0 Å². The number of aliphatic hydroxyl groups is 1. The van der Waals surface area contributed by atoms with Gasteiger partial charge in [0.25, 0.3) is 5.97 Å². The smallest absolute Gasteiger partial charge is 0.283 e. The average Bonchev–Trinajstić information content (AvgIpc) is 2.66. The van der Waals surface area contributed by atoms with Gasteiger partial charge in [0.1, 0.15) is 0 Å². The molecule has 1 aromatic carbocycles. The van der Waals surface area contributed by atoms with Crippen molar-refractivity contribution in [3.63, 3.8) is 0 Å².